The molecule has 0 saturated heterocycles. The molecule has 0 aliphatic rings. The summed E-state index contributed by atoms with van der Waals surface area (Å²) in [5.41, 5.74) is 0.626. The fraction of sp³-hybridized carbons (Fsp3) is 0.273. The van der Waals surface area contributed by atoms with Crippen molar-refractivity contribution >= 4 is 9.84 Å². The standard InChI is InChI=1S/C11H12FN3O2S/c1-3-15-10(8-4-6-9(12)7-5-8)13-14-11(15)18(2,16)17/h4-7H,3H2,1-2H3. The molecule has 0 aliphatic heterocycles. The summed E-state index contributed by atoms with van der Waals surface area (Å²) in [5.74, 6) is 0.0579. The van der Waals surface area contributed by atoms with Crippen molar-refractivity contribution in [1.82, 2.24) is 14.8 Å². The van der Waals surface area contributed by atoms with Crippen LogP contribution in [0.5, 0.6) is 0 Å². The molecule has 18 heavy (non-hydrogen) atoms. The molecule has 5 nitrogen and oxygen atoms in total. The minimum atomic E-state index is -3.43. The van der Waals surface area contributed by atoms with Crippen molar-refractivity contribution in [2.45, 2.75) is 18.6 Å². The van der Waals surface area contributed by atoms with E-state index in [9.17, 15) is 12.8 Å². The van der Waals surface area contributed by atoms with Gasteiger partial charge in [-0.1, -0.05) is 0 Å². The molecule has 0 saturated carbocycles. The summed E-state index contributed by atoms with van der Waals surface area (Å²) in [5, 5.41) is 7.47. The number of halogens is 1. The van der Waals surface area contributed by atoms with Crippen LogP contribution in [-0.2, 0) is 16.4 Å². The molecule has 0 radical (unpaired) electrons. The molecule has 2 rings (SSSR count). The Labute approximate surface area is 104 Å². The van der Waals surface area contributed by atoms with Gasteiger partial charge in [-0.25, -0.2) is 12.8 Å². The third kappa shape index (κ3) is 2.26. The summed E-state index contributed by atoms with van der Waals surface area (Å²) >= 11 is 0. The van der Waals surface area contributed by atoms with E-state index in [0.717, 1.165) is 6.26 Å². The van der Waals surface area contributed by atoms with Crippen LogP contribution in [0.4, 0.5) is 4.39 Å². The Morgan fingerprint density at radius 3 is 2.33 bits per heavy atom. The Morgan fingerprint density at radius 2 is 1.83 bits per heavy atom. The Balaban J connectivity index is 2.59. The molecule has 2 aromatic rings. The largest absolute Gasteiger partial charge is 0.298 e. The van der Waals surface area contributed by atoms with E-state index >= 15 is 0 Å². The highest BCUT2D eigenvalue weighted by atomic mass is 32.2. The number of aromatic nitrogens is 3. The molecule has 0 amide bonds. The molecule has 0 unspecified atom stereocenters. The summed E-state index contributed by atoms with van der Waals surface area (Å²) in [6, 6.07) is 5.67. The van der Waals surface area contributed by atoms with Gasteiger partial charge < -0.3 is 0 Å². The highest BCUT2D eigenvalue weighted by Gasteiger charge is 2.20. The van der Waals surface area contributed by atoms with E-state index in [4.69, 9.17) is 0 Å². The lowest BCUT2D eigenvalue weighted by atomic mass is 10.2. The third-order valence-electron chi connectivity index (χ3n) is 2.47. The van der Waals surface area contributed by atoms with E-state index in [2.05, 4.69) is 10.2 Å². The van der Waals surface area contributed by atoms with Crippen molar-refractivity contribution in [2.75, 3.05) is 6.26 Å². The van der Waals surface area contributed by atoms with E-state index in [-0.39, 0.29) is 11.0 Å². The maximum absolute atomic E-state index is 12.8. The molecule has 0 atom stereocenters. The number of sulfone groups is 1. The summed E-state index contributed by atoms with van der Waals surface area (Å²) in [7, 11) is -3.43. The van der Waals surface area contributed by atoms with Crippen molar-refractivity contribution in [2.24, 2.45) is 0 Å². The second-order valence-electron chi connectivity index (χ2n) is 3.83. The number of hydrogen-bond donors (Lipinski definition) is 0. The van der Waals surface area contributed by atoms with Gasteiger partial charge in [0, 0.05) is 18.4 Å². The first kappa shape index (κ1) is 12.7. The first-order valence-corrected chi connectivity index (χ1v) is 7.22. The molecule has 1 aromatic heterocycles. The van der Waals surface area contributed by atoms with Crippen LogP contribution in [0.25, 0.3) is 11.4 Å². The molecular weight excluding hydrogens is 257 g/mol. The molecule has 96 valence electrons. The highest BCUT2D eigenvalue weighted by molar-refractivity contribution is 7.90. The van der Waals surface area contributed by atoms with Crippen LogP contribution in [0.1, 0.15) is 6.92 Å². The van der Waals surface area contributed by atoms with E-state index in [0.29, 0.717) is 17.9 Å². The summed E-state index contributed by atoms with van der Waals surface area (Å²) in [4.78, 5) is 0. The molecule has 0 aliphatic carbocycles. The molecule has 1 aromatic carbocycles. The van der Waals surface area contributed by atoms with E-state index in [1.54, 1.807) is 6.92 Å². The predicted molar refractivity (Wildman–Crippen MR) is 64.2 cm³/mol. The average Bonchev–Trinajstić information content (AvgIpc) is 2.73. The Morgan fingerprint density at radius 1 is 1.22 bits per heavy atom. The fourth-order valence-corrected chi connectivity index (χ4v) is 2.47. The quantitative estimate of drug-likeness (QED) is 0.847. The minimum Gasteiger partial charge on any atom is -0.298 e. The first-order valence-electron chi connectivity index (χ1n) is 5.32. The van der Waals surface area contributed by atoms with Gasteiger partial charge in [-0.15, -0.1) is 10.2 Å². The molecular formula is C11H12FN3O2S. The SMILES string of the molecule is CCn1c(-c2ccc(F)cc2)nnc1S(C)(=O)=O. The van der Waals surface area contributed by atoms with Gasteiger partial charge in [0.05, 0.1) is 0 Å². The van der Waals surface area contributed by atoms with Crippen LogP contribution < -0.4 is 0 Å². The normalized spacial score (nSPS) is 11.7. The van der Waals surface area contributed by atoms with Crippen molar-refractivity contribution in [3.05, 3.63) is 30.1 Å². The maximum atomic E-state index is 12.8. The van der Waals surface area contributed by atoms with E-state index in [1.807, 2.05) is 0 Å². The number of nitrogens with zero attached hydrogens (tertiary/aromatic N) is 3. The van der Waals surface area contributed by atoms with Crippen LogP contribution >= 0.6 is 0 Å². The zero-order chi connectivity index (χ0) is 13.3. The summed E-state index contributed by atoms with van der Waals surface area (Å²) in [6.07, 6.45) is 1.08. The predicted octanol–water partition coefficient (Wildman–Crippen LogP) is 1.51. The van der Waals surface area contributed by atoms with Crippen LogP contribution in [0.2, 0.25) is 0 Å². The van der Waals surface area contributed by atoms with Gasteiger partial charge in [-0.05, 0) is 31.2 Å². The van der Waals surface area contributed by atoms with E-state index < -0.39 is 9.84 Å². The molecule has 0 N–H and O–H groups in total. The van der Waals surface area contributed by atoms with Crippen molar-refractivity contribution in [3.8, 4) is 11.4 Å². The second kappa shape index (κ2) is 4.49. The Bertz CT molecular complexity index is 662. The number of benzene rings is 1. The first-order chi connectivity index (χ1) is 8.43. The lowest BCUT2D eigenvalue weighted by Gasteiger charge is -2.06. The van der Waals surface area contributed by atoms with Gasteiger partial charge in [-0.3, -0.25) is 4.57 Å². The third-order valence-corrected chi connectivity index (χ3v) is 3.43. The van der Waals surface area contributed by atoms with Gasteiger partial charge in [0.25, 0.3) is 0 Å². The number of rotatable bonds is 3. The van der Waals surface area contributed by atoms with Gasteiger partial charge in [-0.2, -0.15) is 0 Å². The summed E-state index contributed by atoms with van der Waals surface area (Å²) in [6.45, 7) is 2.22. The average molecular weight is 269 g/mol. The molecule has 0 bridgehead atoms. The monoisotopic (exact) mass is 269 g/mol. The lowest BCUT2D eigenvalue weighted by Crippen LogP contribution is -2.09. The smallest absolute Gasteiger partial charge is 0.249 e. The van der Waals surface area contributed by atoms with Crippen LogP contribution in [0, 0.1) is 5.82 Å². The zero-order valence-corrected chi connectivity index (χ0v) is 10.8. The van der Waals surface area contributed by atoms with Gasteiger partial charge in [0.15, 0.2) is 5.82 Å². The second-order valence-corrected chi connectivity index (χ2v) is 5.74. The van der Waals surface area contributed by atoms with Gasteiger partial charge in [0.2, 0.25) is 15.0 Å². The Hall–Kier alpha value is -1.76. The maximum Gasteiger partial charge on any atom is 0.249 e. The topological polar surface area (TPSA) is 64.8 Å². The van der Waals surface area contributed by atoms with Crippen molar-refractivity contribution < 1.29 is 12.8 Å². The number of hydrogen-bond acceptors (Lipinski definition) is 4. The van der Waals surface area contributed by atoms with Crippen LogP contribution in [0.3, 0.4) is 0 Å². The fourth-order valence-electron chi connectivity index (χ4n) is 1.66. The van der Waals surface area contributed by atoms with Gasteiger partial charge >= 0.3 is 0 Å². The van der Waals surface area contributed by atoms with Crippen LogP contribution in [0.15, 0.2) is 29.4 Å². The van der Waals surface area contributed by atoms with Crippen molar-refractivity contribution in [1.29, 1.82) is 0 Å². The van der Waals surface area contributed by atoms with Crippen LogP contribution in [-0.4, -0.2) is 29.4 Å². The summed E-state index contributed by atoms with van der Waals surface area (Å²) < 4.78 is 37.4. The molecule has 1 heterocycles. The van der Waals surface area contributed by atoms with Gasteiger partial charge in [0.1, 0.15) is 5.82 Å². The van der Waals surface area contributed by atoms with E-state index in [1.165, 1.54) is 28.8 Å². The highest BCUT2D eigenvalue weighted by Crippen LogP contribution is 2.20. The molecule has 0 spiro atoms. The lowest BCUT2D eigenvalue weighted by molar-refractivity contribution is 0.575. The minimum absolute atomic E-state index is 0.0793. The molecule has 7 heteroatoms. The molecule has 0 fully saturated rings. The Kier molecular flexibility index (Phi) is 3.16. The van der Waals surface area contributed by atoms with Crippen molar-refractivity contribution in [3.63, 3.8) is 0 Å². The zero-order valence-electron chi connectivity index (χ0n) is 9.96.